The maximum atomic E-state index is 11.6. The molecule has 0 spiro atoms. The summed E-state index contributed by atoms with van der Waals surface area (Å²) in [5.41, 5.74) is 0. The molecule has 2 atom stereocenters. The normalized spacial score (nSPS) is 23.4. The molecule has 0 aliphatic heterocycles. The minimum atomic E-state index is -2.69. The van der Waals surface area contributed by atoms with E-state index in [0.29, 0.717) is 0 Å². The van der Waals surface area contributed by atoms with Gasteiger partial charge in [-0.05, 0) is 15.9 Å². The first-order valence-corrected chi connectivity index (χ1v) is 3.40. The number of hydrogen-bond acceptors (Lipinski definition) is 1. The van der Waals surface area contributed by atoms with Crippen LogP contribution in [0.2, 0.25) is 0 Å². The van der Waals surface area contributed by atoms with Gasteiger partial charge in [-0.15, -0.1) is 0 Å². The fraction of sp³-hybridized carbons (Fsp3) is 1.00. The van der Waals surface area contributed by atoms with E-state index >= 15 is 0 Å². The van der Waals surface area contributed by atoms with Crippen LogP contribution in [-0.2, 0) is 11.1 Å². The van der Waals surface area contributed by atoms with Crippen LogP contribution in [0.4, 0.5) is 4.39 Å². The largest absolute Gasteiger partial charge is 0.336 e. The molecule has 0 saturated heterocycles. The molecule has 0 aromatic carbocycles. The van der Waals surface area contributed by atoms with Crippen LogP contribution in [0.1, 0.15) is 0 Å². The molecule has 0 aliphatic rings. The van der Waals surface area contributed by atoms with Gasteiger partial charge in [0.2, 0.25) is 11.1 Å². The van der Waals surface area contributed by atoms with Crippen LogP contribution in [-0.4, -0.2) is 12.1 Å². The summed E-state index contributed by atoms with van der Waals surface area (Å²) in [6, 6.07) is 0. The number of alkyl halides is 3. The van der Waals surface area contributed by atoms with Crippen LogP contribution in [0.5, 0.6) is 0 Å². The quantitative estimate of drug-likeness (QED) is 0.526. The summed E-state index contributed by atoms with van der Waals surface area (Å²) in [6.07, 6.45) is 0. The van der Waals surface area contributed by atoms with E-state index in [2.05, 4.69) is 27.5 Å². The maximum Gasteiger partial charge on any atom is 0.336 e. The second-order valence-electron chi connectivity index (χ2n) is 0.695. The predicted octanol–water partition coefficient (Wildman–Crippen LogP) is 1.42. The van der Waals surface area contributed by atoms with Crippen LogP contribution in [0.15, 0.2) is 0 Å². The van der Waals surface area contributed by atoms with Gasteiger partial charge in [-0.25, -0.2) is 4.21 Å². The third-order valence-corrected chi connectivity index (χ3v) is 1.82. The van der Waals surface area contributed by atoms with Crippen LogP contribution in [0.25, 0.3) is 0 Å². The van der Waals surface area contributed by atoms with Crippen molar-refractivity contribution in [1.82, 2.24) is 0 Å². The predicted molar refractivity (Wildman–Crippen MR) is 29.4 cm³/mol. The average Bonchev–Trinajstić information content (AvgIpc) is 1.31. The van der Waals surface area contributed by atoms with Crippen molar-refractivity contribution in [2.45, 2.75) is 3.37 Å². The highest BCUT2D eigenvalue weighted by molar-refractivity contribution is 9.12. The number of rotatable bonds is 1. The topological polar surface area (TPSA) is 37.3 Å². The molecule has 0 aromatic heterocycles. The zero-order valence-electron chi connectivity index (χ0n) is 2.90. The van der Waals surface area contributed by atoms with Crippen molar-refractivity contribution >= 4 is 38.6 Å². The summed E-state index contributed by atoms with van der Waals surface area (Å²) in [5.74, 6) is 0. The fourth-order valence-electron chi connectivity index (χ4n) is 0. The summed E-state index contributed by atoms with van der Waals surface area (Å²) >= 11 is 3.99. The Bertz CT molecular complexity index is 90.2. The lowest BCUT2D eigenvalue weighted by Gasteiger charge is -1.99. The first-order chi connectivity index (χ1) is 2.94. The van der Waals surface area contributed by atoms with Crippen molar-refractivity contribution < 1.29 is 13.2 Å². The lowest BCUT2D eigenvalue weighted by Crippen LogP contribution is -2.10. The van der Waals surface area contributed by atoms with Crippen LogP contribution in [0.3, 0.4) is 0 Å². The van der Waals surface area contributed by atoms with Gasteiger partial charge in [0.1, 0.15) is 0 Å². The van der Waals surface area contributed by atoms with E-state index in [1.165, 1.54) is 0 Å². The third-order valence-electron chi connectivity index (χ3n) is 0.198. The average molecular weight is 211 g/mol. The van der Waals surface area contributed by atoms with Crippen LogP contribution >= 0.6 is 27.5 Å². The second-order valence-corrected chi connectivity index (χ2v) is 4.57. The molecular weight excluding hydrogens is 210 g/mol. The van der Waals surface area contributed by atoms with E-state index in [-0.39, 0.29) is 0 Å². The molecule has 44 valence electrons. The van der Waals surface area contributed by atoms with Crippen molar-refractivity contribution in [3.8, 4) is 0 Å². The Kier molecular flexibility index (Phi) is 2.67. The lowest BCUT2D eigenvalue weighted by atomic mass is 11.8. The molecule has 1 N–H and O–H groups in total. The monoisotopic (exact) mass is 210 g/mol. The van der Waals surface area contributed by atoms with Crippen molar-refractivity contribution in [2.24, 2.45) is 0 Å². The molecule has 0 bridgehead atoms. The van der Waals surface area contributed by atoms with Gasteiger partial charge in [0.05, 0.1) is 0 Å². The van der Waals surface area contributed by atoms with E-state index in [4.69, 9.17) is 4.55 Å². The highest BCUT2D eigenvalue weighted by Crippen LogP contribution is 2.27. The SMILES string of the molecule is O=S(O)C(F)(Cl)Br. The standard InChI is InChI=1S/CHBrClFO2S/c2-1(3,4)7(5)6/h(H,5,6). The maximum absolute atomic E-state index is 11.6. The Morgan fingerprint density at radius 3 is 2.14 bits per heavy atom. The molecule has 0 aromatic rings. The molecule has 0 amide bonds. The Morgan fingerprint density at radius 1 is 2.00 bits per heavy atom. The van der Waals surface area contributed by atoms with Gasteiger partial charge in [0.15, 0.2) is 0 Å². The minimum Gasteiger partial charge on any atom is -0.302 e. The zero-order chi connectivity index (χ0) is 6.08. The van der Waals surface area contributed by atoms with Gasteiger partial charge in [-0.1, -0.05) is 11.6 Å². The van der Waals surface area contributed by atoms with E-state index in [1.54, 1.807) is 0 Å². The van der Waals surface area contributed by atoms with E-state index < -0.39 is 14.4 Å². The van der Waals surface area contributed by atoms with Gasteiger partial charge in [-0.2, -0.15) is 4.39 Å². The lowest BCUT2D eigenvalue weighted by molar-refractivity contribution is 0.467. The molecule has 0 aliphatic carbocycles. The fourth-order valence-corrected chi connectivity index (χ4v) is 0. The van der Waals surface area contributed by atoms with Gasteiger partial charge in [0, 0.05) is 0 Å². The molecular formula is CHBrClFO2S. The molecule has 0 radical (unpaired) electrons. The molecule has 2 unspecified atom stereocenters. The minimum absolute atomic E-state index is 2.09. The molecule has 0 saturated carbocycles. The van der Waals surface area contributed by atoms with E-state index in [0.717, 1.165) is 0 Å². The smallest absolute Gasteiger partial charge is 0.302 e. The summed E-state index contributed by atoms with van der Waals surface area (Å²) in [4.78, 5) is 0. The summed E-state index contributed by atoms with van der Waals surface area (Å²) in [6.45, 7) is 0. The molecule has 0 rings (SSSR count). The van der Waals surface area contributed by atoms with E-state index in [9.17, 15) is 8.60 Å². The van der Waals surface area contributed by atoms with Crippen LogP contribution in [0, 0.1) is 0 Å². The summed E-state index contributed by atoms with van der Waals surface area (Å²) in [5, 5.41) is 0. The Morgan fingerprint density at radius 2 is 2.14 bits per heavy atom. The van der Waals surface area contributed by atoms with Gasteiger partial charge in [0.25, 0.3) is 0 Å². The number of hydrogen-bond donors (Lipinski definition) is 1. The highest BCUT2D eigenvalue weighted by atomic mass is 79.9. The van der Waals surface area contributed by atoms with Crippen molar-refractivity contribution in [1.29, 1.82) is 0 Å². The van der Waals surface area contributed by atoms with Crippen molar-refractivity contribution in [3.63, 3.8) is 0 Å². The molecule has 0 fully saturated rings. The highest BCUT2D eigenvalue weighted by Gasteiger charge is 2.28. The van der Waals surface area contributed by atoms with E-state index in [1.807, 2.05) is 0 Å². The van der Waals surface area contributed by atoms with Gasteiger partial charge in [-0.3, -0.25) is 0 Å². The first kappa shape index (κ1) is 7.81. The van der Waals surface area contributed by atoms with Crippen LogP contribution < -0.4 is 0 Å². The summed E-state index contributed by atoms with van der Waals surface area (Å²) in [7, 11) is 0. The summed E-state index contributed by atoms with van der Waals surface area (Å²) < 4.78 is 26.3. The van der Waals surface area contributed by atoms with Gasteiger partial charge >= 0.3 is 3.37 Å². The molecule has 2 nitrogen and oxygen atoms in total. The second kappa shape index (κ2) is 2.39. The Labute approximate surface area is 55.5 Å². The Hall–Kier alpha value is 0.810. The zero-order valence-corrected chi connectivity index (χ0v) is 6.06. The third kappa shape index (κ3) is 3.40. The van der Waals surface area contributed by atoms with Crippen molar-refractivity contribution in [3.05, 3.63) is 0 Å². The molecule has 0 heterocycles. The molecule has 6 heteroatoms. The Balaban J connectivity index is 3.79. The molecule has 7 heavy (non-hydrogen) atoms. The number of halogens is 3. The van der Waals surface area contributed by atoms with Gasteiger partial charge < -0.3 is 4.55 Å². The first-order valence-electron chi connectivity index (χ1n) is 1.12. The van der Waals surface area contributed by atoms with Crippen molar-refractivity contribution in [2.75, 3.05) is 0 Å².